The number of methoxy groups -OCH3 is 1. The van der Waals surface area contributed by atoms with Crippen molar-refractivity contribution >= 4 is 17.6 Å². The average molecular weight is 274 g/mol. The van der Waals surface area contributed by atoms with Crippen LogP contribution < -0.4 is 15.0 Å². The Bertz CT molecular complexity index is 618. The van der Waals surface area contributed by atoms with Crippen molar-refractivity contribution in [3.8, 4) is 5.75 Å². The van der Waals surface area contributed by atoms with Gasteiger partial charge in [0.05, 0.1) is 18.4 Å². The highest BCUT2D eigenvalue weighted by atomic mass is 16.5. The van der Waals surface area contributed by atoms with E-state index in [-0.39, 0.29) is 11.4 Å². The maximum atomic E-state index is 11.1. The number of nitrogens with one attached hydrogen (secondary N) is 1. The molecule has 0 aliphatic carbocycles. The molecular weight excluding hydrogens is 260 g/mol. The van der Waals surface area contributed by atoms with Gasteiger partial charge in [0, 0.05) is 18.7 Å². The van der Waals surface area contributed by atoms with E-state index in [1.807, 2.05) is 0 Å². The maximum Gasteiger partial charge on any atom is 0.335 e. The second kappa shape index (κ2) is 5.50. The van der Waals surface area contributed by atoms with E-state index in [1.54, 1.807) is 16.9 Å². The third kappa shape index (κ3) is 2.50. The number of aromatic carboxylic acids is 1. The minimum atomic E-state index is -1.04. The van der Waals surface area contributed by atoms with Gasteiger partial charge < -0.3 is 20.1 Å². The lowest BCUT2D eigenvalue weighted by Crippen LogP contribution is -2.38. The predicted octanol–water partition coefficient (Wildman–Crippen LogP) is 1.38. The second-order valence-electron chi connectivity index (χ2n) is 4.27. The summed E-state index contributed by atoms with van der Waals surface area (Å²) in [6, 6.07) is 4.48. The van der Waals surface area contributed by atoms with Crippen molar-refractivity contribution in [2.45, 2.75) is 6.42 Å². The second-order valence-corrected chi connectivity index (χ2v) is 4.27. The third-order valence-electron chi connectivity index (χ3n) is 3.02. The Balaban J connectivity index is 2.49. The van der Waals surface area contributed by atoms with E-state index in [2.05, 4.69) is 11.9 Å². The number of hydrogen-bond donors (Lipinski definition) is 2. The molecule has 0 radical (unpaired) electrons. The Morgan fingerprint density at radius 2 is 2.30 bits per heavy atom. The van der Waals surface area contributed by atoms with Crippen molar-refractivity contribution in [1.82, 2.24) is 5.32 Å². The maximum absolute atomic E-state index is 11.1. The minimum absolute atomic E-state index is 0.121. The van der Waals surface area contributed by atoms with Gasteiger partial charge in [-0.25, -0.2) is 9.59 Å². The first-order valence-electron chi connectivity index (χ1n) is 5.95. The van der Waals surface area contributed by atoms with Crippen molar-refractivity contribution < 1.29 is 19.4 Å². The molecule has 6 nitrogen and oxygen atoms in total. The summed E-state index contributed by atoms with van der Waals surface area (Å²) in [5.74, 6) is 1.44. The number of rotatable bonds is 3. The molecule has 0 saturated carbocycles. The Morgan fingerprint density at radius 1 is 1.55 bits per heavy atom. The SMILES string of the molecule is C=C1CCN(c2cc(C(=O)O)ccc2OC)C(=C=O)N1. The standard InChI is InChI=1S/C14H14N2O4/c1-9-5-6-16(13(8-17)15-9)11-7-10(14(18)19)3-4-12(11)20-2/h3-4,7,15H,1,5-6H2,2H3,(H,18,19). The monoisotopic (exact) mass is 274 g/mol. The van der Waals surface area contributed by atoms with E-state index in [0.29, 0.717) is 30.1 Å². The lowest BCUT2D eigenvalue weighted by atomic mass is 10.1. The highest BCUT2D eigenvalue weighted by Crippen LogP contribution is 2.32. The Labute approximate surface area is 116 Å². The van der Waals surface area contributed by atoms with Gasteiger partial charge in [-0.1, -0.05) is 6.58 Å². The molecule has 1 aliphatic heterocycles. The van der Waals surface area contributed by atoms with Crippen molar-refractivity contribution in [3.05, 3.63) is 41.9 Å². The summed E-state index contributed by atoms with van der Waals surface area (Å²) >= 11 is 0. The van der Waals surface area contributed by atoms with Crippen LogP contribution in [0.15, 0.2) is 36.3 Å². The zero-order valence-corrected chi connectivity index (χ0v) is 11.0. The van der Waals surface area contributed by atoms with Crippen LogP contribution >= 0.6 is 0 Å². The largest absolute Gasteiger partial charge is 0.495 e. The summed E-state index contributed by atoms with van der Waals surface area (Å²) < 4.78 is 5.23. The summed E-state index contributed by atoms with van der Waals surface area (Å²) in [5, 5.41) is 11.9. The topological polar surface area (TPSA) is 78.9 Å². The van der Waals surface area contributed by atoms with Crippen molar-refractivity contribution in [2.24, 2.45) is 0 Å². The molecular formula is C14H14N2O4. The number of benzene rings is 1. The molecule has 1 heterocycles. The molecule has 1 saturated heterocycles. The van der Waals surface area contributed by atoms with Gasteiger partial charge in [-0.15, -0.1) is 0 Å². The average Bonchev–Trinajstić information content (AvgIpc) is 2.46. The molecule has 6 heteroatoms. The molecule has 0 spiro atoms. The van der Waals surface area contributed by atoms with E-state index in [4.69, 9.17) is 9.84 Å². The number of carboxylic acids is 1. The van der Waals surface area contributed by atoms with Crippen molar-refractivity contribution in [1.29, 1.82) is 0 Å². The normalized spacial score (nSPS) is 14.6. The van der Waals surface area contributed by atoms with Gasteiger partial charge in [-0.2, -0.15) is 0 Å². The summed E-state index contributed by atoms with van der Waals surface area (Å²) in [6.07, 6.45) is 0.631. The van der Waals surface area contributed by atoms with Gasteiger partial charge in [0.25, 0.3) is 0 Å². The van der Waals surface area contributed by atoms with E-state index < -0.39 is 5.97 Å². The zero-order valence-electron chi connectivity index (χ0n) is 11.0. The van der Waals surface area contributed by atoms with Gasteiger partial charge in [-0.3, -0.25) is 0 Å². The fourth-order valence-corrected chi connectivity index (χ4v) is 2.01. The van der Waals surface area contributed by atoms with E-state index >= 15 is 0 Å². The minimum Gasteiger partial charge on any atom is -0.495 e. The quantitative estimate of drug-likeness (QED) is 0.811. The van der Waals surface area contributed by atoms with Crippen LogP contribution in [0.5, 0.6) is 5.75 Å². The van der Waals surface area contributed by atoms with E-state index in [0.717, 1.165) is 0 Å². The van der Waals surface area contributed by atoms with Crippen LogP contribution in [0.2, 0.25) is 0 Å². The highest BCUT2D eigenvalue weighted by molar-refractivity contribution is 5.90. The first-order chi connectivity index (χ1) is 9.56. The van der Waals surface area contributed by atoms with E-state index in [1.165, 1.54) is 19.2 Å². The molecule has 1 aromatic rings. The molecule has 2 N–H and O–H groups in total. The summed E-state index contributed by atoms with van der Waals surface area (Å²) in [5.41, 5.74) is 1.34. The number of carbonyl (C=O) groups excluding carboxylic acids is 1. The summed E-state index contributed by atoms with van der Waals surface area (Å²) in [6.45, 7) is 4.26. The van der Waals surface area contributed by atoms with Gasteiger partial charge in [-0.05, 0) is 18.2 Å². The lowest BCUT2D eigenvalue weighted by molar-refractivity contribution is 0.0697. The van der Waals surface area contributed by atoms with Crippen LogP contribution in [0, 0.1) is 0 Å². The van der Waals surface area contributed by atoms with Crippen LogP contribution in [0.4, 0.5) is 5.69 Å². The highest BCUT2D eigenvalue weighted by Gasteiger charge is 2.23. The number of ether oxygens (including phenoxy) is 1. The first-order valence-corrected chi connectivity index (χ1v) is 5.95. The number of carbonyl (C=O) groups is 1. The molecule has 104 valence electrons. The molecule has 0 atom stereocenters. The number of nitrogens with zero attached hydrogens (tertiary/aromatic N) is 1. The van der Waals surface area contributed by atoms with Crippen molar-refractivity contribution in [3.63, 3.8) is 0 Å². The Morgan fingerprint density at radius 3 is 2.90 bits per heavy atom. The first kappa shape index (κ1) is 13.7. The van der Waals surface area contributed by atoms with Crippen molar-refractivity contribution in [2.75, 3.05) is 18.6 Å². The number of hydrogen-bond acceptors (Lipinski definition) is 5. The van der Waals surface area contributed by atoms with Crippen LogP contribution in [0.25, 0.3) is 0 Å². The number of anilines is 1. The van der Waals surface area contributed by atoms with Gasteiger partial charge in [0.1, 0.15) is 5.75 Å². The lowest BCUT2D eigenvalue weighted by Gasteiger charge is -2.32. The van der Waals surface area contributed by atoms with Crippen LogP contribution in [0.3, 0.4) is 0 Å². The van der Waals surface area contributed by atoms with Gasteiger partial charge >= 0.3 is 5.97 Å². The molecule has 0 amide bonds. The predicted molar refractivity (Wildman–Crippen MR) is 73.4 cm³/mol. The van der Waals surface area contributed by atoms with Crippen LogP contribution in [-0.2, 0) is 4.79 Å². The number of carboxylic acid groups (broad SMARTS) is 1. The molecule has 20 heavy (non-hydrogen) atoms. The smallest absolute Gasteiger partial charge is 0.335 e. The van der Waals surface area contributed by atoms with Crippen LogP contribution in [0.1, 0.15) is 16.8 Å². The Hall–Kier alpha value is -2.72. The van der Waals surface area contributed by atoms with Crippen LogP contribution in [-0.4, -0.2) is 30.7 Å². The molecule has 2 rings (SSSR count). The van der Waals surface area contributed by atoms with E-state index in [9.17, 15) is 9.59 Å². The van der Waals surface area contributed by atoms with Gasteiger partial charge in [0.2, 0.25) is 0 Å². The zero-order chi connectivity index (χ0) is 14.7. The van der Waals surface area contributed by atoms with Gasteiger partial charge in [0.15, 0.2) is 11.8 Å². The molecule has 1 aromatic carbocycles. The fraction of sp³-hybridized carbons (Fsp3) is 0.214. The molecule has 1 fully saturated rings. The molecule has 0 aromatic heterocycles. The molecule has 1 aliphatic rings. The molecule has 0 unspecified atom stereocenters. The summed E-state index contributed by atoms with van der Waals surface area (Å²) in [7, 11) is 1.49. The molecule has 0 bridgehead atoms. The Kier molecular flexibility index (Phi) is 3.77. The third-order valence-corrected chi connectivity index (χ3v) is 3.02. The fourth-order valence-electron chi connectivity index (χ4n) is 2.01. The summed E-state index contributed by atoms with van der Waals surface area (Å²) in [4.78, 5) is 23.7.